The van der Waals surface area contributed by atoms with E-state index >= 15 is 0 Å². The number of carboxylic acid groups (broad SMARTS) is 1. The molecule has 7 heteroatoms. The monoisotopic (exact) mass is 405 g/mol. The summed E-state index contributed by atoms with van der Waals surface area (Å²) in [5.74, 6) is 0.606. The molecule has 2 bridgehead atoms. The standard InChI is InChI=1S/C21H31N3O3S/c25-20(26)11-7-2-1-6-10-16-17(19-13-12-18(16)28-19)14-22-24-21(27)23-15-8-4-3-5-9-15/h3-5,8-9,16-19,22H,1-2,6-7,10-14H2,(H,25,26)(H2,23,24,27)/t16-,17+,18-,19+/m1/s1. The lowest BCUT2D eigenvalue weighted by Gasteiger charge is -2.30. The van der Waals surface area contributed by atoms with Crippen LogP contribution in [0.15, 0.2) is 30.3 Å². The first-order valence-corrected chi connectivity index (χ1v) is 11.3. The van der Waals surface area contributed by atoms with E-state index < -0.39 is 5.97 Å². The van der Waals surface area contributed by atoms with Crippen molar-refractivity contribution in [1.29, 1.82) is 0 Å². The third-order valence-corrected chi connectivity index (χ3v) is 7.71. The van der Waals surface area contributed by atoms with E-state index in [0.29, 0.717) is 17.1 Å². The fraction of sp³-hybridized carbons (Fsp3) is 0.619. The SMILES string of the molecule is O=C(O)CCCCCC[C@@H]1[C@H](CNNC(=O)Nc2ccccc2)[C@@H]2CC[C@H]1S2. The maximum atomic E-state index is 12.0. The molecular weight excluding hydrogens is 374 g/mol. The number of hydrogen-bond acceptors (Lipinski definition) is 4. The van der Waals surface area contributed by atoms with Gasteiger partial charge in [-0.15, -0.1) is 0 Å². The minimum atomic E-state index is -0.695. The van der Waals surface area contributed by atoms with Gasteiger partial charge in [0, 0.05) is 29.2 Å². The summed E-state index contributed by atoms with van der Waals surface area (Å²) in [5.41, 5.74) is 6.69. The van der Waals surface area contributed by atoms with Gasteiger partial charge in [0.15, 0.2) is 0 Å². The predicted molar refractivity (Wildman–Crippen MR) is 113 cm³/mol. The van der Waals surface area contributed by atoms with Crippen molar-refractivity contribution in [2.24, 2.45) is 11.8 Å². The Labute approximate surface area is 171 Å². The molecule has 0 radical (unpaired) electrons. The highest BCUT2D eigenvalue weighted by atomic mass is 32.2. The van der Waals surface area contributed by atoms with E-state index in [4.69, 9.17) is 5.11 Å². The Morgan fingerprint density at radius 2 is 1.71 bits per heavy atom. The number of rotatable bonds is 11. The Kier molecular flexibility index (Phi) is 8.03. The molecule has 4 N–H and O–H groups in total. The zero-order valence-corrected chi connectivity index (χ0v) is 17.0. The highest BCUT2D eigenvalue weighted by molar-refractivity contribution is 8.01. The van der Waals surface area contributed by atoms with Crippen molar-refractivity contribution in [3.05, 3.63) is 30.3 Å². The molecule has 0 aromatic heterocycles. The molecule has 2 saturated heterocycles. The fourth-order valence-corrected chi connectivity index (χ4v) is 6.53. The van der Waals surface area contributed by atoms with Crippen LogP contribution in [0.1, 0.15) is 51.4 Å². The summed E-state index contributed by atoms with van der Waals surface area (Å²) in [6, 6.07) is 9.18. The highest BCUT2D eigenvalue weighted by Crippen LogP contribution is 2.54. The zero-order chi connectivity index (χ0) is 19.8. The number of thioether (sulfide) groups is 1. The predicted octanol–water partition coefficient (Wildman–Crippen LogP) is 4.25. The van der Waals surface area contributed by atoms with E-state index in [2.05, 4.69) is 27.9 Å². The molecule has 3 rings (SSSR count). The zero-order valence-electron chi connectivity index (χ0n) is 16.2. The van der Waals surface area contributed by atoms with Crippen LogP contribution >= 0.6 is 11.8 Å². The van der Waals surface area contributed by atoms with Crippen molar-refractivity contribution in [1.82, 2.24) is 10.9 Å². The van der Waals surface area contributed by atoms with Crippen molar-refractivity contribution in [2.45, 2.75) is 61.9 Å². The number of carboxylic acids is 1. The van der Waals surface area contributed by atoms with Crippen LogP contribution in [-0.2, 0) is 4.79 Å². The molecule has 4 atom stereocenters. The van der Waals surface area contributed by atoms with Gasteiger partial charge in [-0.05, 0) is 49.7 Å². The average Bonchev–Trinajstić information content (AvgIpc) is 3.27. The second kappa shape index (κ2) is 10.7. The van der Waals surface area contributed by atoms with Gasteiger partial charge >= 0.3 is 12.0 Å². The largest absolute Gasteiger partial charge is 0.481 e. The first-order valence-electron chi connectivity index (χ1n) is 10.4. The summed E-state index contributed by atoms with van der Waals surface area (Å²) < 4.78 is 0. The lowest BCUT2D eigenvalue weighted by Crippen LogP contribution is -2.45. The summed E-state index contributed by atoms with van der Waals surface area (Å²) in [7, 11) is 0. The molecule has 0 unspecified atom stereocenters. The van der Waals surface area contributed by atoms with E-state index in [-0.39, 0.29) is 12.5 Å². The number of aliphatic carboxylic acids is 1. The molecule has 6 nitrogen and oxygen atoms in total. The summed E-state index contributed by atoms with van der Waals surface area (Å²) in [6.07, 6.45) is 8.17. The van der Waals surface area contributed by atoms with Gasteiger partial charge in [0.2, 0.25) is 0 Å². The third kappa shape index (κ3) is 6.14. The minimum absolute atomic E-state index is 0.239. The van der Waals surface area contributed by atoms with Crippen molar-refractivity contribution < 1.29 is 14.7 Å². The van der Waals surface area contributed by atoms with Gasteiger partial charge in [0.25, 0.3) is 0 Å². The quantitative estimate of drug-likeness (QED) is 0.326. The van der Waals surface area contributed by atoms with Gasteiger partial charge in [-0.3, -0.25) is 10.2 Å². The molecule has 1 aromatic carbocycles. The van der Waals surface area contributed by atoms with Crippen LogP contribution in [0.3, 0.4) is 0 Å². The number of carbonyl (C=O) groups is 2. The second-order valence-electron chi connectivity index (χ2n) is 7.79. The molecule has 154 valence electrons. The van der Waals surface area contributed by atoms with E-state index in [0.717, 1.165) is 36.7 Å². The number of amides is 2. The van der Waals surface area contributed by atoms with Crippen molar-refractivity contribution >= 4 is 29.4 Å². The van der Waals surface area contributed by atoms with E-state index in [1.165, 1.54) is 25.7 Å². The number of fused-ring (bicyclic) bond motifs is 2. The molecule has 0 aliphatic carbocycles. The maximum absolute atomic E-state index is 12.0. The van der Waals surface area contributed by atoms with E-state index in [1.807, 2.05) is 30.3 Å². The van der Waals surface area contributed by atoms with Crippen LogP contribution in [0.2, 0.25) is 0 Å². The van der Waals surface area contributed by atoms with E-state index in [1.54, 1.807) is 0 Å². The van der Waals surface area contributed by atoms with Crippen LogP contribution in [-0.4, -0.2) is 34.2 Å². The normalized spacial score (nSPS) is 25.6. The highest BCUT2D eigenvalue weighted by Gasteiger charge is 2.47. The molecule has 2 aliphatic heterocycles. The number of para-hydroxylation sites is 1. The summed E-state index contributed by atoms with van der Waals surface area (Å²) in [5, 5.41) is 13.0. The smallest absolute Gasteiger partial charge is 0.333 e. The molecule has 0 saturated carbocycles. The number of anilines is 1. The molecule has 2 fully saturated rings. The number of urea groups is 1. The fourth-order valence-electron chi connectivity index (χ4n) is 4.50. The second-order valence-corrected chi connectivity index (χ2v) is 9.27. The molecule has 1 aromatic rings. The molecule has 0 spiro atoms. The topological polar surface area (TPSA) is 90.5 Å². The first-order chi connectivity index (χ1) is 13.6. The maximum Gasteiger partial charge on any atom is 0.333 e. The molecule has 2 amide bonds. The number of hydrazine groups is 1. The van der Waals surface area contributed by atoms with Crippen LogP contribution in [0.4, 0.5) is 10.5 Å². The average molecular weight is 406 g/mol. The van der Waals surface area contributed by atoms with Gasteiger partial charge in [-0.25, -0.2) is 10.2 Å². The lowest BCUT2D eigenvalue weighted by atomic mass is 9.76. The molecule has 2 heterocycles. The molecule has 28 heavy (non-hydrogen) atoms. The number of carbonyl (C=O) groups excluding carboxylic acids is 1. The molecular formula is C21H31N3O3S. The Balaban J connectivity index is 1.36. The first kappa shape index (κ1) is 21.0. The van der Waals surface area contributed by atoms with Gasteiger partial charge in [0.05, 0.1) is 0 Å². The lowest BCUT2D eigenvalue weighted by molar-refractivity contribution is -0.137. The van der Waals surface area contributed by atoms with Crippen LogP contribution in [0.25, 0.3) is 0 Å². The van der Waals surface area contributed by atoms with Crippen molar-refractivity contribution in [3.63, 3.8) is 0 Å². The summed E-state index contributed by atoms with van der Waals surface area (Å²) >= 11 is 2.14. The van der Waals surface area contributed by atoms with Gasteiger partial charge in [0.1, 0.15) is 0 Å². The third-order valence-electron chi connectivity index (χ3n) is 5.84. The summed E-state index contributed by atoms with van der Waals surface area (Å²) in [4.78, 5) is 22.6. The van der Waals surface area contributed by atoms with Crippen LogP contribution < -0.4 is 16.2 Å². The van der Waals surface area contributed by atoms with Gasteiger partial charge in [-0.1, -0.05) is 37.5 Å². The minimum Gasteiger partial charge on any atom is -0.481 e. The van der Waals surface area contributed by atoms with Crippen LogP contribution in [0.5, 0.6) is 0 Å². The number of benzene rings is 1. The van der Waals surface area contributed by atoms with Gasteiger partial charge in [-0.2, -0.15) is 11.8 Å². The Hall–Kier alpha value is -1.73. The summed E-state index contributed by atoms with van der Waals surface area (Å²) in [6.45, 7) is 0.806. The number of nitrogens with one attached hydrogen (secondary N) is 3. The Morgan fingerprint density at radius 3 is 2.46 bits per heavy atom. The van der Waals surface area contributed by atoms with Gasteiger partial charge < -0.3 is 10.4 Å². The number of hydrogen-bond donors (Lipinski definition) is 4. The Bertz CT molecular complexity index is 643. The van der Waals surface area contributed by atoms with Crippen LogP contribution in [0, 0.1) is 11.8 Å². The van der Waals surface area contributed by atoms with Crippen molar-refractivity contribution in [3.8, 4) is 0 Å². The van der Waals surface area contributed by atoms with Crippen molar-refractivity contribution in [2.75, 3.05) is 11.9 Å². The molecule has 2 aliphatic rings. The number of unbranched alkanes of at least 4 members (excludes halogenated alkanes) is 3. The Morgan fingerprint density at radius 1 is 1.00 bits per heavy atom. The van der Waals surface area contributed by atoms with E-state index in [9.17, 15) is 9.59 Å².